The Kier molecular flexibility index (Phi) is 3.76. The number of halogens is 1. The highest BCUT2D eigenvalue weighted by Crippen LogP contribution is 2.30. The number of rotatable bonds is 3. The van der Waals surface area contributed by atoms with Gasteiger partial charge in [0, 0.05) is 33.3 Å². The van der Waals surface area contributed by atoms with Crippen LogP contribution in [0.2, 0.25) is 0 Å². The molecule has 2 rings (SSSR count). The lowest BCUT2D eigenvalue weighted by Crippen LogP contribution is -2.27. The molecule has 3 N–H and O–H groups in total. The Bertz CT molecular complexity index is 411. The van der Waals surface area contributed by atoms with Gasteiger partial charge in [-0.25, -0.2) is 0 Å². The van der Waals surface area contributed by atoms with Crippen LogP contribution in [0.3, 0.4) is 0 Å². The minimum Gasteiger partial charge on any atom is -0.399 e. The molecule has 1 atom stereocenters. The Labute approximate surface area is 107 Å². The fourth-order valence-corrected chi connectivity index (χ4v) is 3.36. The summed E-state index contributed by atoms with van der Waals surface area (Å²) in [5.74, 6) is 1.08. The van der Waals surface area contributed by atoms with Gasteiger partial charge < -0.3 is 11.1 Å². The molecule has 16 heavy (non-hydrogen) atoms. The van der Waals surface area contributed by atoms with Crippen molar-refractivity contribution in [2.75, 3.05) is 11.5 Å². The molecule has 0 saturated carbocycles. The van der Waals surface area contributed by atoms with Crippen LogP contribution in [-0.4, -0.2) is 17.7 Å². The van der Waals surface area contributed by atoms with Crippen LogP contribution in [0.15, 0.2) is 27.6 Å². The lowest BCUT2D eigenvalue weighted by Gasteiger charge is -2.10. The Hall–Kier alpha value is -0.680. The summed E-state index contributed by atoms with van der Waals surface area (Å²) in [5, 5.41) is 2.96. The predicted octanol–water partition coefficient (Wildman–Crippen LogP) is 2.40. The van der Waals surface area contributed by atoms with E-state index >= 15 is 0 Å². The smallest absolute Gasteiger partial charge is 0.220 e. The van der Waals surface area contributed by atoms with Crippen molar-refractivity contribution in [2.45, 2.75) is 23.8 Å². The van der Waals surface area contributed by atoms with Crippen LogP contribution in [0.4, 0.5) is 5.69 Å². The van der Waals surface area contributed by atoms with Gasteiger partial charge in [-0.05, 0) is 40.5 Å². The van der Waals surface area contributed by atoms with Crippen molar-refractivity contribution in [3.05, 3.63) is 22.7 Å². The molecule has 0 bridgehead atoms. The second kappa shape index (κ2) is 5.10. The fourth-order valence-electron chi connectivity index (χ4n) is 1.63. The number of nitrogens with two attached hydrogens (primary N) is 1. The van der Waals surface area contributed by atoms with Gasteiger partial charge in [0.1, 0.15) is 0 Å². The van der Waals surface area contributed by atoms with Crippen molar-refractivity contribution < 1.29 is 4.79 Å². The Balaban J connectivity index is 1.92. The minimum absolute atomic E-state index is 0.168. The standard InChI is InChI=1S/C11H13BrN2OS/c12-9-5-7(13)1-3-10(9)16-6-8-2-4-11(15)14-8/h1,3,5,8H,2,4,6,13H2,(H,14,15). The highest BCUT2D eigenvalue weighted by atomic mass is 79.9. The number of carbonyl (C=O) groups is 1. The molecule has 1 aromatic rings. The van der Waals surface area contributed by atoms with Gasteiger partial charge in [-0.2, -0.15) is 0 Å². The second-order valence-corrected chi connectivity index (χ2v) is 5.72. The second-order valence-electron chi connectivity index (χ2n) is 3.80. The fraction of sp³-hybridized carbons (Fsp3) is 0.364. The summed E-state index contributed by atoms with van der Waals surface area (Å²) in [6, 6.07) is 6.10. The predicted molar refractivity (Wildman–Crippen MR) is 70.4 cm³/mol. The molecule has 1 fully saturated rings. The SMILES string of the molecule is Nc1ccc(SCC2CCC(=O)N2)c(Br)c1. The zero-order valence-electron chi connectivity index (χ0n) is 8.70. The zero-order valence-corrected chi connectivity index (χ0v) is 11.1. The largest absolute Gasteiger partial charge is 0.399 e. The molecule has 0 radical (unpaired) electrons. The molecular weight excluding hydrogens is 288 g/mol. The van der Waals surface area contributed by atoms with Gasteiger partial charge >= 0.3 is 0 Å². The average molecular weight is 301 g/mol. The maximum absolute atomic E-state index is 11.0. The zero-order chi connectivity index (χ0) is 11.5. The molecule has 1 amide bonds. The molecule has 5 heteroatoms. The molecule has 0 spiro atoms. The summed E-state index contributed by atoms with van der Waals surface area (Å²) in [4.78, 5) is 12.2. The third kappa shape index (κ3) is 2.92. The van der Waals surface area contributed by atoms with E-state index in [1.807, 2.05) is 18.2 Å². The van der Waals surface area contributed by atoms with E-state index < -0.39 is 0 Å². The molecule has 3 nitrogen and oxygen atoms in total. The van der Waals surface area contributed by atoms with Crippen molar-refractivity contribution in [3.63, 3.8) is 0 Å². The molecule has 0 aromatic heterocycles. The summed E-state index contributed by atoms with van der Waals surface area (Å²) in [6.07, 6.45) is 1.60. The Morgan fingerprint density at radius 3 is 3.00 bits per heavy atom. The summed E-state index contributed by atoms with van der Waals surface area (Å²) in [5.41, 5.74) is 6.42. The van der Waals surface area contributed by atoms with Crippen LogP contribution in [0, 0.1) is 0 Å². The van der Waals surface area contributed by atoms with E-state index in [0.717, 1.165) is 27.2 Å². The third-order valence-electron chi connectivity index (χ3n) is 2.48. The third-order valence-corrected chi connectivity index (χ3v) is 4.64. The van der Waals surface area contributed by atoms with Crippen LogP contribution in [0.25, 0.3) is 0 Å². The molecule has 1 unspecified atom stereocenters. The van der Waals surface area contributed by atoms with E-state index in [1.54, 1.807) is 11.8 Å². The van der Waals surface area contributed by atoms with Gasteiger partial charge in [0.15, 0.2) is 0 Å². The van der Waals surface area contributed by atoms with Crippen LogP contribution >= 0.6 is 27.7 Å². The van der Waals surface area contributed by atoms with Crippen LogP contribution < -0.4 is 11.1 Å². The van der Waals surface area contributed by atoms with Gasteiger partial charge in [0.2, 0.25) is 5.91 Å². The molecular formula is C11H13BrN2OS. The topological polar surface area (TPSA) is 55.1 Å². The summed E-state index contributed by atoms with van der Waals surface area (Å²) in [6.45, 7) is 0. The normalized spacial score (nSPS) is 19.8. The quantitative estimate of drug-likeness (QED) is 0.666. The number of amides is 1. The lowest BCUT2D eigenvalue weighted by molar-refractivity contribution is -0.119. The molecule has 1 aromatic carbocycles. The first-order chi connectivity index (χ1) is 7.65. The van der Waals surface area contributed by atoms with Crippen molar-refractivity contribution in [1.29, 1.82) is 0 Å². The van der Waals surface area contributed by atoms with Crippen LogP contribution in [-0.2, 0) is 4.79 Å². The average Bonchev–Trinajstić information content (AvgIpc) is 2.63. The van der Waals surface area contributed by atoms with E-state index in [0.29, 0.717) is 12.5 Å². The number of anilines is 1. The highest BCUT2D eigenvalue weighted by molar-refractivity contribution is 9.10. The molecule has 1 aliphatic rings. The van der Waals surface area contributed by atoms with Crippen LogP contribution in [0.5, 0.6) is 0 Å². The van der Waals surface area contributed by atoms with Gasteiger partial charge in [-0.15, -0.1) is 11.8 Å². The van der Waals surface area contributed by atoms with E-state index in [2.05, 4.69) is 21.2 Å². The summed E-state index contributed by atoms with van der Waals surface area (Å²) in [7, 11) is 0. The number of nitrogen functional groups attached to an aromatic ring is 1. The van der Waals surface area contributed by atoms with Gasteiger partial charge in [0.25, 0.3) is 0 Å². The first-order valence-corrected chi connectivity index (χ1v) is 6.90. The van der Waals surface area contributed by atoms with Crippen LogP contribution in [0.1, 0.15) is 12.8 Å². The lowest BCUT2D eigenvalue weighted by atomic mass is 10.2. The number of hydrogen-bond acceptors (Lipinski definition) is 3. The van der Waals surface area contributed by atoms with Crippen molar-refractivity contribution in [3.8, 4) is 0 Å². The number of nitrogens with one attached hydrogen (secondary N) is 1. The first-order valence-electron chi connectivity index (χ1n) is 5.12. The maximum Gasteiger partial charge on any atom is 0.220 e. The first kappa shape index (κ1) is 11.8. The van der Waals surface area contributed by atoms with Gasteiger partial charge in [0.05, 0.1) is 0 Å². The summed E-state index contributed by atoms with van der Waals surface area (Å²) < 4.78 is 1.02. The van der Waals surface area contributed by atoms with E-state index in [9.17, 15) is 4.79 Å². The Morgan fingerprint density at radius 2 is 2.38 bits per heavy atom. The van der Waals surface area contributed by atoms with Crippen molar-refractivity contribution >= 4 is 39.3 Å². The van der Waals surface area contributed by atoms with Crippen molar-refractivity contribution in [1.82, 2.24) is 5.32 Å². The number of carbonyl (C=O) groups excluding carboxylic acids is 1. The number of benzene rings is 1. The van der Waals surface area contributed by atoms with Gasteiger partial charge in [-0.1, -0.05) is 0 Å². The molecule has 86 valence electrons. The number of hydrogen-bond donors (Lipinski definition) is 2. The van der Waals surface area contributed by atoms with Gasteiger partial charge in [-0.3, -0.25) is 4.79 Å². The Morgan fingerprint density at radius 1 is 1.56 bits per heavy atom. The van der Waals surface area contributed by atoms with E-state index in [1.165, 1.54) is 0 Å². The number of thioether (sulfide) groups is 1. The van der Waals surface area contributed by atoms with Crippen molar-refractivity contribution in [2.24, 2.45) is 0 Å². The summed E-state index contributed by atoms with van der Waals surface area (Å²) >= 11 is 5.22. The highest BCUT2D eigenvalue weighted by Gasteiger charge is 2.20. The maximum atomic E-state index is 11.0. The molecule has 1 aliphatic heterocycles. The van der Waals surface area contributed by atoms with E-state index in [-0.39, 0.29) is 5.91 Å². The minimum atomic E-state index is 0.168. The molecule has 1 heterocycles. The monoisotopic (exact) mass is 300 g/mol. The molecule has 0 aliphatic carbocycles. The van der Waals surface area contributed by atoms with E-state index in [4.69, 9.17) is 5.73 Å². The molecule has 1 saturated heterocycles.